The van der Waals surface area contributed by atoms with Crippen LogP contribution in [0.4, 0.5) is 0 Å². The van der Waals surface area contributed by atoms with Crippen molar-refractivity contribution in [3.63, 3.8) is 0 Å². The summed E-state index contributed by atoms with van der Waals surface area (Å²) in [6.45, 7) is 1.58. The number of phenolic OH excluding ortho intramolecular Hbond substituents is 2. The van der Waals surface area contributed by atoms with E-state index in [1.807, 2.05) is 0 Å². The summed E-state index contributed by atoms with van der Waals surface area (Å²) in [4.78, 5) is 21.5. The highest BCUT2D eigenvalue weighted by Crippen LogP contribution is 2.40. The van der Waals surface area contributed by atoms with Crippen molar-refractivity contribution in [2.24, 2.45) is 0 Å². The van der Waals surface area contributed by atoms with E-state index in [9.17, 15) is 19.8 Å². The highest BCUT2D eigenvalue weighted by molar-refractivity contribution is 6.33. The Hall–Kier alpha value is -1.75. The Bertz CT molecular complexity index is 584. The summed E-state index contributed by atoms with van der Waals surface area (Å²) >= 11 is 6.01. The van der Waals surface area contributed by atoms with Gasteiger partial charge >= 0.3 is 5.97 Å². The molecule has 0 unspecified atom stereocenters. The van der Waals surface area contributed by atoms with E-state index in [0.29, 0.717) is 30.3 Å². The van der Waals surface area contributed by atoms with Crippen molar-refractivity contribution in [2.45, 2.75) is 64.7 Å². The number of halogens is 1. The summed E-state index contributed by atoms with van der Waals surface area (Å²) in [6.07, 6.45) is 7.63. The van der Waals surface area contributed by atoms with Crippen molar-refractivity contribution >= 4 is 23.9 Å². The molecule has 0 spiro atoms. The fraction of sp³-hybridized carbons (Fsp3) is 0.556. The minimum atomic E-state index is -0.749. The maximum absolute atomic E-state index is 11.1. The average Bonchev–Trinajstić information content (AvgIpc) is 2.54. The zero-order chi connectivity index (χ0) is 18.1. The molecular weight excluding hydrogens is 332 g/mol. The molecule has 1 rings (SSSR count). The number of carbonyl (C=O) groups is 2. The van der Waals surface area contributed by atoms with Crippen LogP contribution in [0.5, 0.6) is 11.5 Å². The van der Waals surface area contributed by atoms with Crippen molar-refractivity contribution < 1.29 is 24.9 Å². The van der Waals surface area contributed by atoms with Crippen LogP contribution >= 0.6 is 11.6 Å². The van der Waals surface area contributed by atoms with E-state index in [1.54, 1.807) is 6.92 Å². The van der Waals surface area contributed by atoms with Crippen LogP contribution in [-0.4, -0.2) is 27.6 Å². The normalized spacial score (nSPS) is 10.8. The Balaban J connectivity index is 2.39. The third kappa shape index (κ3) is 5.71. The van der Waals surface area contributed by atoms with E-state index in [2.05, 4.69) is 0 Å². The summed E-state index contributed by atoms with van der Waals surface area (Å²) < 4.78 is 0. The van der Waals surface area contributed by atoms with Crippen LogP contribution in [0, 0.1) is 6.92 Å². The molecule has 0 radical (unpaired) electrons. The van der Waals surface area contributed by atoms with Gasteiger partial charge in [0, 0.05) is 12.0 Å². The van der Waals surface area contributed by atoms with Crippen LogP contribution < -0.4 is 0 Å². The highest BCUT2D eigenvalue weighted by atomic mass is 35.5. The zero-order valence-electron chi connectivity index (χ0n) is 14.0. The molecule has 0 bridgehead atoms. The molecule has 0 atom stereocenters. The second kappa shape index (κ2) is 10.2. The van der Waals surface area contributed by atoms with Gasteiger partial charge in [-0.2, -0.15) is 0 Å². The second-order valence-corrected chi connectivity index (χ2v) is 6.39. The van der Waals surface area contributed by atoms with Crippen molar-refractivity contribution in [3.05, 3.63) is 21.7 Å². The van der Waals surface area contributed by atoms with Gasteiger partial charge < -0.3 is 15.3 Å². The van der Waals surface area contributed by atoms with Gasteiger partial charge in [-0.25, -0.2) is 0 Å². The standard InChI is InChI=1S/C18H25ClO5/c1-12-14(11-20)17(23)13(18(24)16(12)19)9-7-5-3-2-4-6-8-10-15(21)22/h11,23-24H,2-10H2,1H3,(H,21,22). The first-order valence-electron chi connectivity index (χ1n) is 8.30. The predicted octanol–water partition coefficient (Wildman–Crippen LogP) is 4.62. The molecule has 0 saturated heterocycles. The molecular formula is C18H25ClO5. The number of benzene rings is 1. The lowest BCUT2D eigenvalue weighted by Gasteiger charge is -2.13. The van der Waals surface area contributed by atoms with E-state index in [1.165, 1.54) is 0 Å². The highest BCUT2D eigenvalue weighted by Gasteiger charge is 2.19. The molecule has 0 saturated carbocycles. The molecule has 5 nitrogen and oxygen atoms in total. The lowest BCUT2D eigenvalue weighted by molar-refractivity contribution is -0.137. The summed E-state index contributed by atoms with van der Waals surface area (Å²) in [5.41, 5.74) is 0.840. The van der Waals surface area contributed by atoms with Gasteiger partial charge in [0.1, 0.15) is 11.5 Å². The molecule has 0 fully saturated rings. The number of phenols is 2. The molecule has 0 aliphatic heterocycles. The predicted molar refractivity (Wildman–Crippen MR) is 93.2 cm³/mol. The molecule has 6 heteroatoms. The van der Waals surface area contributed by atoms with Crippen LogP contribution in [0.3, 0.4) is 0 Å². The van der Waals surface area contributed by atoms with Gasteiger partial charge in [-0.1, -0.05) is 43.7 Å². The number of aldehydes is 1. The number of carbonyl (C=O) groups excluding carboxylic acids is 1. The first-order chi connectivity index (χ1) is 11.4. The number of unbranched alkanes of at least 4 members (excludes halogenated alkanes) is 6. The Morgan fingerprint density at radius 3 is 2.08 bits per heavy atom. The monoisotopic (exact) mass is 356 g/mol. The van der Waals surface area contributed by atoms with Crippen LogP contribution in [0.25, 0.3) is 0 Å². The largest absolute Gasteiger partial charge is 0.507 e. The van der Waals surface area contributed by atoms with E-state index in [0.717, 1.165) is 38.5 Å². The Labute approximate surface area is 147 Å². The summed E-state index contributed by atoms with van der Waals surface area (Å²) in [5.74, 6) is -1.08. The average molecular weight is 357 g/mol. The third-order valence-electron chi connectivity index (χ3n) is 4.20. The second-order valence-electron chi connectivity index (χ2n) is 6.01. The summed E-state index contributed by atoms with van der Waals surface area (Å²) in [7, 11) is 0. The summed E-state index contributed by atoms with van der Waals surface area (Å²) in [5, 5.41) is 28.8. The molecule has 0 aliphatic rings. The molecule has 0 aromatic heterocycles. The molecule has 0 heterocycles. The van der Waals surface area contributed by atoms with E-state index < -0.39 is 5.97 Å². The number of hydrogen-bond acceptors (Lipinski definition) is 4. The van der Waals surface area contributed by atoms with E-state index >= 15 is 0 Å². The van der Waals surface area contributed by atoms with Gasteiger partial charge in [-0.05, 0) is 31.7 Å². The Kier molecular flexibility index (Phi) is 8.61. The molecule has 1 aromatic rings. The number of rotatable bonds is 11. The molecule has 3 N–H and O–H groups in total. The summed E-state index contributed by atoms with van der Waals surface area (Å²) in [6, 6.07) is 0. The van der Waals surface area contributed by atoms with Crippen LogP contribution in [0.15, 0.2) is 0 Å². The van der Waals surface area contributed by atoms with Gasteiger partial charge in [0.15, 0.2) is 6.29 Å². The molecule has 134 valence electrons. The minimum Gasteiger partial charge on any atom is -0.507 e. The third-order valence-corrected chi connectivity index (χ3v) is 4.67. The lowest BCUT2D eigenvalue weighted by atomic mass is 9.98. The topological polar surface area (TPSA) is 94.8 Å². The lowest BCUT2D eigenvalue weighted by Crippen LogP contribution is -1.97. The van der Waals surface area contributed by atoms with Crippen LogP contribution in [-0.2, 0) is 11.2 Å². The van der Waals surface area contributed by atoms with Crippen LogP contribution in [0.2, 0.25) is 5.02 Å². The number of carboxylic acids is 1. The van der Waals surface area contributed by atoms with Gasteiger partial charge in [-0.3, -0.25) is 9.59 Å². The zero-order valence-corrected chi connectivity index (χ0v) is 14.7. The first-order valence-corrected chi connectivity index (χ1v) is 8.67. The number of aromatic hydroxyl groups is 2. The molecule has 0 aliphatic carbocycles. The maximum atomic E-state index is 11.1. The fourth-order valence-electron chi connectivity index (χ4n) is 2.72. The van der Waals surface area contributed by atoms with Crippen molar-refractivity contribution in [3.8, 4) is 11.5 Å². The number of hydrogen-bond donors (Lipinski definition) is 3. The van der Waals surface area contributed by atoms with Crippen molar-refractivity contribution in [1.82, 2.24) is 0 Å². The minimum absolute atomic E-state index is 0.114. The van der Waals surface area contributed by atoms with Gasteiger partial charge in [0.05, 0.1) is 10.6 Å². The quantitative estimate of drug-likeness (QED) is 0.397. The Morgan fingerprint density at radius 2 is 1.54 bits per heavy atom. The first kappa shape index (κ1) is 20.3. The maximum Gasteiger partial charge on any atom is 0.303 e. The van der Waals surface area contributed by atoms with Gasteiger partial charge in [0.2, 0.25) is 0 Å². The Morgan fingerprint density at radius 1 is 1.00 bits per heavy atom. The van der Waals surface area contributed by atoms with E-state index in [4.69, 9.17) is 16.7 Å². The smallest absolute Gasteiger partial charge is 0.303 e. The molecule has 0 amide bonds. The van der Waals surface area contributed by atoms with Crippen molar-refractivity contribution in [1.29, 1.82) is 0 Å². The molecule has 1 aromatic carbocycles. The van der Waals surface area contributed by atoms with Gasteiger partial charge in [-0.15, -0.1) is 0 Å². The fourth-order valence-corrected chi connectivity index (χ4v) is 2.94. The van der Waals surface area contributed by atoms with Crippen LogP contribution in [0.1, 0.15) is 72.9 Å². The molecule has 24 heavy (non-hydrogen) atoms. The van der Waals surface area contributed by atoms with Gasteiger partial charge in [0.25, 0.3) is 0 Å². The number of carboxylic acid groups (broad SMARTS) is 1. The van der Waals surface area contributed by atoms with Crippen molar-refractivity contribution in [2.75, 3.05) is 0 Å². The van der Waals surface area contributed by atoms with E-state index in [-0.39, 0.29) is 28.5 Å². The SMILES string of the molecule is Cc1c(Cl)c(O)c(CCCCCCCCCC(=O)O)c(O)c1C=O. The number of aliphatic carboxylic acids is 1.